The van der Waals surface area contributed by atoms with Gasteiger partial charge in [0.15, 0.2) is 5.82 Å². The maximum absolute atomic E-state index is 14.7. The van der Waals surface area contributed by atoms with Gasteiger partial charge in [0.05, 0.1) is 17.1 Å². The Bertz CT molecular complexity index is 1180. The molecular weight excluding hydrogens is 434 g/mol. The topological polar surface area (TPSA) is 83.0 Å². The third-order valence-corrected chi connectivity index (χ3v) is 6.88. The number of aromatic nitrogens is 3. The molecule has 164 valence electrons. The van der Waals surface area contributed by atoms with Gasteiger partial charge in [0.2, 0.25) is 11.9 Å². The van der Waals surface area contributed by atoms with Gasteiger partial charge in [0, 0.05) is 43.3 Å². The quantitative estimate of drug-likeness (QED) is 0.554. The van der Waals surface area contributed by atoms with Crippen molar-refractivity contribution in [2.75, 3.05) is 31.5 Å². The third kappa shape index (κ3) is 4.10. The summed E-state index contributed by atoms with van der Waals surface area (Å²) in [5.74, 6) is -0.672. The molecular formula is C22H20F2N6OS. The van der Waals surface area contributed by atoms with Crippen molar-refractivity contribution in [3.63, 3.8) is 0 Å². The van der Waals surface area contributed by atoms with Gasteiger partial charge >= 0.3 is 6.03 Å². The lowest BCUT2D eigenvalue weighted by Crippen LogP contribution is -2.32. The molecule has 3 aromatic rings. The second kappa shape index (κ2) is 8.70. The average molecular weight is 455 g/mol. The fourth-order valence-corrected chi connectivity index (χ4v) is 5.38. The number of pyridine rings is 1. The van der Waals surface area contributed by atoms with E-state index in [0.717, 1.165) is 21.6 Å². The highest BCUT2D eigenvalue weighted by Crippen LogP contribution is 2.50. The zero-order valence-electron chi connectivity index (χ0n) is 17.0. The standard InChI is InChI=1S/C22H20F2N6OS/c23-16-12-28-21(26-6-8-30-9-7-27-22(30)31)29-19(16)17-10-14-2-1-3-15(20(14)32-17)13-4-5-25-18(24)11-13/h1-5,11-12,17H,6-10H2,(H,27,31)(H,26,28,29). The summed E-state index contributed by atoms with van der Waals surface area (Å²) in [6.07, 6.45) is 3.23. The normalized spacial score (nSPS) is 17.4. The first-order chi connectivity index (χ1) is 15.6. The van der Waals surface area contributed by atoms with E-state index in [-0.39, 0.29) is 11.3 Å². The number of nitrogens with one attached hydrogen (secondary N) is 2. The first kappa shape index (κ1) is 20.6. The van der Waals surface area contributed by atoms with E-state index < -0.39 is 11.8 Å². The van der Waals surface area contributed by atoms with E-state index in [9.17, 15) is 13.6 Å². The first-order valence-electron chi connectivity index (χ1n) is 10.3. The van der Waals surface area contributed by atoms with Crippen LogP contribution in [0.15, 0.2) is 47.6 Å². The minimum Gasteiger partial charge on any atom is -0.352 e. The van der Waals surface area contributed by atoms with Crippen LogP contribution in [0.1, 0.15) is 16.5 Å². The van der Waals surface area contributed by atoms with Crippen molar-refractivity contribution in [1.29, 1.82) is 0 Å². The van der Waals surface area contributed by atoms with Gasteiger partial charge in [-0.2, -0.15) is 4.39 Å². The monoisotopic (exact) mass is 454 g/mol. The molecule has 1 saturated heterocycles. The predicted octanol–water partition coefficient (Wildman–Crippen LogP) is 3.64. The van der Waals surface area contributed by atoms with Crippen LogP contribution in [-0.2, 0) is 6.42 Å². The molecule has 1 aromatic carbocycles. The maximum Gasteiger partial charge on any atom is 0.317 e. The van der Waals surface area contributed by atoms with Crippen molar-refractivity contribution in [3.8, 4) is 11.1 Å². The number of hydrogen-bond acceptors (Lipinski definition) is 6. The zero-order valence-corrected chi connectivity index (χ0v) is 17.8. The first-order valence-corrected chi connectivity index (χ1v) is 11.2. The number of benzene rings is 1. The molecule has 2 aliphatic rings. The van der Waals surface area contributed by atoms with Crippen LogP contribution >= 0.6 is 11.8 Å². The number of amides is 2. The van der Waals surface area contributed by atoms with Crippen molar-refractivity contribution < 1.29 is 13.6 Å². The van der Waals surface area contributed by atoms with E-state index >= 15 is 0 Å². The molecule has 7 nitrogen and oxygen atoms in total. The molecule has 0 spiro atoms. The van der Waals surface area contributed by atoms with Crippen molar-refractivity contribution >= 4 is 23.7 Å². The Hall–Kier alpha value is -3.27. The summed E-state index contributed by atoms with van der Waals surface area (Å²) in [4.78, 5) is 26.4. The van der Waals surface area contributed by atoms with Crippen LogP contribution in [-0.4, -0.2) is 52.1 Å². The van der Waals surface area contributed by atoms with E-state index in [2.05, 4.69) is 25.6 Å². The molecule has 0 aliphatic carbocycles. The SMILES string of the molecule is O=C1NCCN1CCNc1ncc(F)c(C2Cc3cccc(-c4ccnc(F)c4)c3S2)n1. The minimum absolute atomic E-state index is 0.0856. The number of hydrogen-bond donors (Lipinski definition) is 2. The fraction of sp³-hybridized carbons (Fsp3) is 0.273. The summed E-state index contributed by atoms with van der Waals surface area (Å²) in [6, 6.07) is 8.94. The van der Waals surface area contributed by atoms with E-state index in [1.165, 1.54) is 30.2 Å². The number of nitrogens with zero attached hydrogens (tertiary/aromatic N) is 4. The van der Waals surface area contributed by atoms with Crippen LogP contribution in [0.2, 0.25) is 0 Å². The molecule has 2 amide bonds. The van der Waals surface area contributed by atoms with Gasteiger partial charge in [0.25, 0.3) is 0 Å². The number of rotatable bonds is 6. The lowest BCUT2D eigenvalue weighted by atomic mass is 10.0. The van der Waals surface area contributed by atoms with Gasteiger partial charge in [0.1, 0.15) is 0 Å². The van der Waals surface area contributed by atoms with Crippen molar-refractivity contribution in [2.45, 2.75) is 16.6 Å². The molecule has 0 radical (unpaired) electrons. The summed E-state index contributed by atoms with van der Waals surface area (Å²) in [7, 11) is 0. The molecule has 0 bridgehead atoms. The highest BCUT2D eigenvalue weighted by atomic mass is 32.2. The third-order valence-electron chi connectivity index (χ3n) is 5.49. The highest BCUT2D eigenvalue weighted by Gasteiger charge is 2.30. The van der Waals surface area contributed by atoms with Gasteiger partial charge < -0.3 is 15.5 Å². The molecule has 10 heteroatoms. The van der Waals surface area contributed by atoms with Crippen LogP contribution in [0.5, 0.6) is 0 Å². The fourth-order valence-electron chi connectivity index (χ4n) is 3.94. The lowest BCUT2D eigenvalue weighted by Gasteiger charge is -2.15. The largest absolute Gasteiger partial charge is 0.352 e. The number of thioether (sulfide) groups is 1. The number of halogens is 2. The molecule has 0 saturated carbocycles. The van der Waals surface area contributed by atoms with E-state index in [1.54, 1.807) is 11.0 Å². The maximum atomic E-state index is 14.7. The number of fused-ring (bicyclic) bond motifs is 1. The summed E-state index contributed by atoms with van der Waals surface area (Å²) in [6.45, 7) is 2.28. The summed E-state index contributed by atoms with van der Waals surface area (Å²) in [5.41, 5.74) is 3.03. The Morgan fingerprint density at radius 3 is 2.97 bits per heavy atom. The molecule has 32 heavy (non-hydrogen) atoms. The van der Waals surface area contributed by atoms with Crippen LogP contribution in [0.4, 0.5) is 19.5 Å². The highest BCUT2D eigenvalue weighted by molar-refractivity contribution is 8.00. The van der Waals surface area contributed by atoms with Crippen LogP contribution in [0, 0.1) is 11.8 Å². The van der Waals surface area contributed by atoms with E-state index in [0.29, 0.717) is 44.2 Å². The molecule has 4 heterocycles. The zero-order chi connectivity index (χ0) is 22.1. The molecule has 1 atom stereocenters. The smallest absolute Gasteiger partial charge is 0.317 e. The second-order valence-electron chi connectivity index (χ2n) is 7.54. The Balaban J connectivity index is 1.33. The predicted molar refractivity (Wildman–Crippen MR) is 117 cm³/mol. The van der Waals surface area contributed by atoms with Crippen LogP contribution in [0.3, 0.4) is 0 Å². The molecule has 2 aromatic heterocycles. The number of carbonyl (C=O) groups excluding carboxylic acids is 1. The number of urea groups is 1. The van der Waals surface area contributed by atoms with Gasteiger partial charge in [-0.3, -0.25) is 0 Å². The molecule has 1 unspecified atom stereocenters. The Kier molecular flexibility index (Phi) is 5.60. The molecule has 1 fully saturated rings. The van der Waals surface area contributed by atoms with Crippen molar-refractivity contribution in [2.24, 2.45) is 0 Å². The van der Waals surface area contributed by atoms with Crippen molar-refractivity contribution in [1.82, 2.24) is 25.2 Å². The summed E-state index contributed by atoms with van der Waals surface area (Å²) < 4.78 is 28.3. The average Bonchev–Trinajstić information content (AvgIpc) is 3.40. The minimum atomic E-state index is -0.538. The second-order valence-corrected chi connectivity index (χ2v) is 8.76. The molecule has 2 aliphatic heterocycles. The summed E-state index contributed by atoms with van der Waals surface area (Å²) in [5, 5.41) is 5.61. The van der Waals surface area contributed by atoms with Gasteiger partial charge in [-0.05, 0) is 29.2 Å². The lowest BCUT2D eigenvalue weighted by molar-refractivity contribution is 0.219. The Morgan fingerprint density at radius 1 is 1.25 bits per heavy atom. The number of carbonyl (C=O) groups is 1. The van der Waals surface area contributed by atoms with Crippen LogP contribution < -0.4 is 10.6 Å². The summed E-state index contributed by atoms with van der Waals surface area (Å²) >= 11 is 1.52. The van der Waals surface area contributed by atoms with E-state index in [4.69, 9.17) is 0 Å². The Morgan fingerprint density at radius 2 is 2.16 bits per heavy atom. The van der Waals surface area contributed by atoms with Gasteiger partial charge in [-0.1, -0.05) is 18.2 Å². The van der Waals surface area contributed by atoms with Gasteiger partial charge in [-0.15, -0.1) is 11.8 Å². The van der Waals surface area contributed by atoms with Gasteiger partial charge in [-0.25, -0.2) is 24.1 Å². The van der Waals surface area contributed by atoms with E-state index in [1.807, 2.05) is 18.2 Å². The molecule has 5 rings (SSSR count). The van der Waals surface area contributed by atoms with Crippen LogP contribution in [0.25, 0.3) is 11.1 Å². The van der Waals surface area contributed by atoms with Crippen molar-refractivity contribution in [3.05, 3.63) is 65.7 Å². The number of anilines is 1. The molecule has 2 N–H and O–H groups in total. The Labute approximate surface area is 187 Å².